The van der Waals surface area contributed by atoms with Crippen molar-refractivity contribution in [2.24, 2.45) is 0 Å². The van der Waals surface area contributed by atoms with Crippen molar-refractivity contribution >= 4 is 21.5 Å². The van der Waals surface area contributed by atoms with Crippen LogP contribution in [0.15, 0.2) is 17.1 Å². The van der Waals surface area contributed by atoms with E-state index in [4.69, 9.17) is 28.6 Å². The number of hydrogen-bond donors (Lipinski definition) is 2. The molecular weight excluding hydrogens is 512 g/mol. The predicted octanol–water partition coefficient (Wildman–Crippen LogP) is -2.22. The summed E-state index contributed by atoms with van der Waals surface area (Å²) in [5.41, 5.74) is 4.57. The number of aromatic nitrogens is 2. The van der Waals surface area contributed by atoms with E-state index in [1.165, 1.54) is 12.3 Å². The summed E-state index contributed by atoms with van der Waals surface area (Å²) in [6.45, 7) is -1.31. The number of hydrogen-bond acceptors (Lipinski definition) is 13. The highest BCUT2D eigenvalue weighted by atomic mass is 31.2. The van der Waals surface area contributed by atoms with Crippen LogP contribution in [0.4, 0.5) is 5.82 Å². The van der Waals surface area contributed by atoms with Crippen molar-refractivity contribution in [1.82, 2.24) is 9.55 Å². The first-order valence-corrected chi connectivity index (χ1v) is 13.2. The second-order valence-electron chi connectivity index (χ2n) is 9.96. The van der Waals surface area contributed by atoms with Gasteiger partial charge in [-0.15, -0.1) is 0 Å². The van der Waals surface area contributed by atoms with Crippen LogP contribution in [0.2, 0.25) is 0 Å². The number of nitrogens with two attached hydrogens (primary N) is 1. The summed E-state index contributed by atoms with van der Waals surface area (Å²) in [4.78, 5) is 40.3. The van der Waals surface area contributed by atoms with Crippen molar-refractivity contribution in [2.75, 3.05) is 68.1 Å². The Morgan fingerprint density at radius 3 is 2.14 bits per heavy atom. The number of nitrogens with zero attached hydrogens (tertiary/aromatic N) is 4. The molecule has 0 saturated carbocycles. The van der Waals surface area contributed by atoms with Crippen molar-refractivity contribution in [1.29, 1.82) is 0 Å². The number of rotatable bonds is 12. The van der Waals surface area contributed by atoms with Gasteiger partial charge in [-0.25, -0.2) is 4.79 Å². The van der Waals surface area contributed by atoms with Gasteiger partial charge in [0, 0.05) is 6.20 Å². The lowest BCUT2D eigenvalue weighted by molar-refractivity contribution is -0.887. The topological polar surface area (TPSA) is 208 Å². The zero-order valence-electron chi connectivity index (χ0n) is 20.4. The maximum Gasteiger partial charge on any atom is 0.351 e. The third kappa shape index (κ3) is 9.61. The van der Waals surface area contributed by atoms with Gasteiger partial charge in [-0.2, -0.15) is 4.98 Å². The quantitative estimate of drug-likeness (QED) is 0.162. The van der Waals surface area contributed by atoms with Crippen LogP contribution in [-0.2, 0) is 32.0 Å². The monoisotopic (exact) mass is 545 g/mol. The van der Waals surface area contributed by atoms with Gasteiger partial charge in [-0.3, -0.25) is 22.7 Å². The predicted molar refractivity (Wildman–Crippen MR) is 117 cm³/mol. The van der Waals surface area contributed by atoms with Crippen LogP contribution in [0.3, 0.4) is 0 Å². The number of phosphoric acid groups is 2. The molecule has 18 heteroatoms. The molecule has 0 bridgehead atoms. The molecule has 2 heterocycles. The molecule has 0 radical (unpaired) electrons. The van der Waals surface area contributed by atoms with Crippen LogP contribution in [-0.4, -0.2) is 104 Å². The van der Waals surface area contributed by atoms with Crippen LogP contribution in [0.5, 0.6) is 0 Å². The molecule has 2 unspecified atom stereocenters. The summed E-state index contributed by atoms with van der Waals surface area (Å²) in [7, 11) is 0.208. The Kier molecular flexibility index (Phi) is 9.42. The lowest BCUT2D eigenvalue weighted by Crippen LogP contribution is -2.40. The number of quaternary nitrogens is 2. The second kappa shape index (κ2) is 11.0. The average Bonchev–Trinajstić information content (AvgIpc) is 2.98. The summed E-state index contributed by atoms with van der Waals surface area (Å²) in [6, 6.07) is 1.25. The third-order valence-corrected chi connectivity index (χ3v) is 6.12. The first-order chi connectivity index (χ1) is 15.8. The van der Waals surface area contributed by atoms with Crippen molar-refractivity contribution in [3.8, 4) is 0 Å². The molecule has 202 valence electrons. The Hall–Kier alpha value is -1.26. The van der Waals surface area contributed by atoms with Gasteiger partial charge >= 0.3 is 5.69 Å². The number of aliphatic hydroxyl groups is 1. The number of nitrogen functional groups attached to an aromatic ring is 1. The van der Waals surface area contributed by atoms with E-state index in [1.807, 2.05) is 0 Å². The number of phosphoric ester groups is 2. The summed E-state index contributed by atoms with van der Waals surface area (Å²) in [5, 5.41) is 10.8. The Labute approximate surface area is 202 Å². The van der Waals surface area contributed by atoms with Gasteiger partial charge in [-0.1, -0.05) is 0 Å². The third-order valence-electron chi connectivity index (χ3n) is 4.29. The molecule has 0 spiro atoms. The molecule has 0 amide bonds. The SMILES string of the molecule is C[N+](C)(C)COP(=O)([O-])OC[C@H]1O[C@@H](n2ccc(N)nc2=O)[C@H](O)[C@@H]1OP(=O)([O-])OC[N+](C)(C)C. The molecule has 1 aliphatic rings. The van der Waals surface area contributed by atoms with Crippen molar-refractivity contribution in [2.45, 2.75) is 24.5 Å². The fourth-order valence-electron chi connectivity index (χ4n) is 2.70. The normalized spacial score (nSPS) is 26.9. The molecule has 1 aromatic heterocycles. The lowest BCUT2D eigenvalue weighted by atomic mass is 10.1. The van der Waals surface area contributed by atoms with Gasteiger partial charge in [-0.05, 0) is 6.07 Å². The van der Waals surface area contributed by atoms with E-state index >= 15 is 0 Å². The van der Waals surface area contributed by atoms with E-state index in [0.29, 0.717) is 0 Å². The molecule has 1 saturated heterocycles. The molecule has 16 nitrogen and oxygen atoms in total. The fraction of sp³-hybridized carbons (Fsp3) is 0.765. The van der Waals surface area contributed by atoms with Gasteiger partial charge in [0.1, 0.15) is 24.1 Å². The van der Waals surface area contributed by atoms with E-state index in [0.717, 1.165) is 4.57 Å². The van der Waals surface area contributed by atoms with Crippen LogP contribution >= 0.6 is 15.6 Å². The highest BCUT2D eigenvalue weighted by Gasteiger charge is 2.48. The van der Waals surface area contributed by atoms with Crippen LogP contribution < -0.4 is 21.2 Å². The first kappa shape index (κ1) is 30.0. The summed E-state index contributed by atoms with van der Waals surface area (Å²) >= 11 is 0. The molecular formula is C17H33N5O11P2. The van der Waals surface area contributed by atoms with E-state index in [-0.39, 0.29) is 28.2 Å². The van der Waals surface area contributed by atoms with Crippen molar-refractivity contribution < 1.29 is 55.8 Å². The Morgan fingerprint density at radius 1 is 1.09 bits per heavy atom. The molecule has 3 N–H and O–H groups in total. The van der Waals surface area contributed by atoms with Gasteiger partial charge in [0.25, 0.3) is 15.6 Å². The van der Waals surface area contributed by atoms with E-state index in [2.05, 4.69) is 4.98 Å². The second-order valence-corrected chi connectivity index (χ2v) is 12.7. The number of ether oxygens (including phenoxy) is 1. The molecule has 1 aliphatic heterocycles. The molecule has 1 aromatic rings. The summed E-state index contributed by atoms with van der Waals surface area (Å²) < 4.78 is 50.8. The standard InChI is InChI=1S/C17H33N5O11P2/c1-21(2,3)10-30-34(25,26)29-9-12-15(33-35(27,28)31-11-22(4,5)6)14(23)16(32-12)20-8-7-13(18)19-17(20)24/h7-8,12,14-16,23H,9-11H2,1-6H3,(H2-2,18,19,24,25,26,27,28)/t12-,14-,15-,16-/m1/s1. The van der Waals surface area contributed by atoms with E-state index in [9.17, 15) is 28.8 Å². The van der Waals surface area contributed by atoms with Crippen molar-refractivity contribution in [3.05, 3.63) is 22.7 Å². The summed E-state index contributed by atoms with van der Waals surface area (Å²) in [5.74, 6) is -0.0918. The van der Waals surface area contributed by atoms with Crippen molar-refractivity contribution in [3.63, 3.8) is 0 Å². The van der Waals surface area contributed by atoms with E-state index < -0.39 is 52.5 Å². The molecule has 35 heavy (non-hydrogen) atoms. The highest BCUT2D eigenvalue weighted by Crippen LogP contribution is 2.46. The van der Waals surface area contributed by atoms with Gasteiger partial charge in [0.05, 0.1) is 48.9 Å². The molecule has 6 atom stereocenters. The van der Waals surface area contributed by atoms with Gasteiger partial charge in [0.2, 0.25) is 0 Å². The summed E-state index contributed by atoms with van der Waals surface area (Å²) in [6.07, 6.45) is -5.25. The fourth-order valence-corrected chi connectivity index (χ4v) is 4.70. The maximum atomic E-state index is 12.4. The lowest BCUT2D eigenvalue weighted by Gasteiger charge is -2.33. The van der Waals surface area contributed by atoms with Crippen LogP contribution in [0.25, 0.3) is 0 Å². The Balaban J connectivity index is 2.25. The molecule has 1 fully saturated rings. The minimum atomic E-state index is -5.01. The number of anilines is 1. The minimum absolute atomic E-state index is 0.0918. The Bertz CT molecular complexity index is 1020. The minimum Gasteiger partial charge on any atom is -0.756 e. The van der Waals surface area contributed by atoms with Gasteiger partial charge in [0.15, 0.2) is 19.7 Å². The van der Waals surface area contributed by atoms with E-state index in [1.54, 1.807) is 42.3 Å². The average molecular weight is 545 g/mol. The largest absolute Gasteiger partial charge is 0.756 e. The molecule has 0 aliphatic carbocycles. The molecule has 0 aromatic carbocycles. The smallest absolute Gasteiger partial charge is 0.351 e. The highest BCUT2D eigenvalue weighted by molar-refractivity contribution is 7.46. The van der Waals surface area contributed by atoms with Crippen LogP contribution in [0, 0.1) is 0 Å². The van der Waals surface area contributed by atoms with Gasteiger partial charge < -0.3 is 43.4 Å². The number of aliphatic hydroxyl groups excluding tert-OH is 1. The zero-order chi connectivity index (χ0) is 26.8. The maximum absolute atomic E-state index is 12.4. The first-order valence-electron chi connectivity index (χ1n) is 10.3. The zero-order valence-corrected chi connectivity index (χ0v) is 22.2. The molecule has 2 rings (SSSR count). The van der Waals surface area contributed by atoms with Crippen LogP contribution in [0.1, 0.15) is 6.23 Å². The Morgan fingerprint density at radius 2 is 1.63 bits per heavy atom.